The second kappa shape index (κ2) is 8.13. The monoisotopic (exact) mass is 345 g/mol. The first-order chi connectivity index (χ1) is 11.7. The molecule has 1 amide bonds. The van der Waals surface area contributed by atoms with Gasteiger partial charge in [0.2, 0.25) is 5.91 Å². The van der Waals surface area contributed by atoms with Crippen molar-refractivity contribution in [2.45, 2.75) is 6.42 Å². The third kappa shape index (κ3) is 4.46. The number of ether oxygens (including phenoxy) is 1. The zero-order chi connectivity index (χ0) is 16.8. The number of anilines is 1. The topological polar surface area (TPSA) is 53.9 Å². The minimum absolute atomic E-state index is 0.214. The maximum Gasteiger partial charge on any atom is 0.249 e. The van der Waals surface area contributed by atoms with E-state index < -0.39 is 0 Å². The van der Waals surface area contributed by atoms with Crippen LogP contribution in [0, 0.1) is 0 Å². The van der Waals surface area contributed by atoms with Crippen LogP contribution in [0.25, 0.3) is 6.08 Å². The van der Waals surface area contributed by atoms with E-state index in [1.54, 1.807) is 6.08 Å². The van der Waals surface area contributed by atoms with Crippen LogP contribution in [0.5, 0.6) is 0 Å². The molecule has 6 heteroatoms. The Bertz CT molecular complexity index is 692. The summed E-state index contributed by atoms with van der Waals surface area (Å²) in [7, 11) is 0. The third-order valence-electron chi connectivity index (χ3n) is 3.88. The van der Waals surface area contributed by atoms with Gasteiger partial charge in [-0.2, -0.15) is 0 Å². The highest BCUT2D eigenvalue weighted by Gasteiger charge is 2.12. The number of hydrogen-bond donors (Lipinski definition) is 1. The lowest BCUT2D eigenvalue weighted by Gasteiger charge is -2.29. The van der Waals surface area contributed by atoms with Crippen molar-refractivity contribution >= 4 is 35.1 Å². The van der Waals surface area contributed by atoms with Crippen LogP contribution < -0.4 is 10.2 Å². The van der Waals surface area contributed by atoms with E-state index in [0.29, 0.717) is 17.4 Å². The van der Waals surface area contributed by atoms with Gasteiger partial charge in [0.25, 0.3) is 0 Å². The number of morpholine rings is 1. The Hall–Kier alpha value is -2.11. The summed E-state index contributed by atoms with van der Waals surface area (Å²) in [6.45, 7) is 3.91. The standard InChI is InChI=1S/C18H20ClN3O2/c19-16-13-15(22-9-11-24-12-10-22)6-4-14(16)5-7-18(23)21-17-3-1-2-8-20-17/h1,3-7,13H,2,8-12H2,(H,20,21,23)/b7-5+. The van der Waals surface area contributed by atoms with E-state index in [-0.39, 0.29) is 5.91 Å². The van der Waals surface area contributed by atoms with Gasteiger partial charge in [0.05, 0.1) is 13.2 Å². The van der Waals surface area contributed by atoms with Crippen molar-refractivity contribution in [2.24, 2.45) is 4.99 Å². The number of nitrogens with one attached hydrogen (secondary N) is 1. The van der Waals surface area contributed by atoms with Crippen LogP contribution in [-0.2, 0) is 9.53 Å². The number of hydrogen-bond acceptors (Lipinski definition) is 4. The van der Waals surface area contributed by atoms with Gasteiger partial charge in [-0.15, -0.1) is 0 Å². The molecule has 0 aromatic heterocycles. The molecule has 3 rings (SSSR count). The lowest BCUT2D eigenvalue weighted by atomic mass is 10.1. The van der Waals surface area contributed by atoms with E-state index in [2.05, 4.69) is 15.2 Å². The molecule has 2 heterocycles. The van der Waals surface area contributed by atoms with Crippen molar-refractivity contribution in [2.75, 3.05) is 37.7 Å². The number of nitrogens with zero attached hydrogens (tertiary/aromatic N) is 2. The number of halogens is 1. The maximum absolute atomic E-state index is 11.9. The first-order valence-electron chi connectivity index (χ1n) is 8.05. The minimum Gasteiger partial charge on any atom is -0.378 e. The van der Waals surface area contributed by atoms with Gasteiger partial charge in [-0.25, -0.2) is 0 Å². The summed E-state index contributed by atoms with van der Waals surface area (Å²) < 4.78 is 5.36. The molecule has 0 atom stereocenters. The zero-order valence-corrected chi connectivity index (χ0v) is 14.1. The number of dihydropyridines is 1. The average molecular weight is 346 g/mol. The first-order valence-corrected chi connectivity index (χ1v) is 8.42. The van der Waals surface area contributed by atoms with Crippen molar-refractivity contribution in [1.29, 1.82) is 0 Å². The van der Waals surface area contributed by atoms with Crippen molar-refractivity contribution in [3.8, 4) is 0 Å². The molecule has 2 aliphatic rings. The minimum atomic E-state index is -0.214. The van der Waals surface area contributed by atoms with E-state index in [9.17, 15) is 4.79 Å². The molecular formula is C18H20ClN3O2. The van der Waals surface area contributed by atoms with Gasteiger partial charge in [-0.3, -0.25) is 9.79 Å². The van der Waals surface area contributed by atoms with Gasteiger partial charge >= 0.3 is 0 Å². The fourth-order valence-corrected chi connectivity index (χ4v) is 2.83. The lowest BCUT2D eigenvalue weighted by Crippen LogP contribution is -2.36. The Morgan fingerprint density at radius 3 is 2.88 bits per heavy atom. The number of amidine groups is 1. The molecule has 1 aromatic carbocycles. The molecule has 5 nitrogen and oxygen atoms in total. The van der Waals surface area contributed by atoms with Gasteiger partial charge in [-0.1, -0.05) is 23.7 Å². The Balaban J connectivity index is 1.62. The van der Waals surface area contributed by atoms with Crippen LogP contribution in [0.2, 0.25) is 5.02 Å². The Morgan fingerprint density at radius 2 is 2.17 bits per heavy atom. The Morgan fingerprint density at radius 1 is 1.33 bits per heavy atom. The maximum atomic E-state index is 11.9. The van der Waals surface area contributed by atoms with E-state index in [4.69, 9.17) is 16.3 Å². The van der Waals surface area contributed by atoms with Gasteiger partial charge in [0, 0.05) is 36.4 Å². The smallest absolute Gasteiger partial charge is 0.249 e. The highest BCUT2D eigenvalue weighted by molar-refractivity contribution is 6.32. The van der Waals surface area contributed by atoms with Gasteiger partial charge in [0.1, 0.15) is 5.84 Å². The molecule has 1 saturated heterocycles. The predicted octanol–water partition coefficient (Wildman–Crippen LogP) is 2.66. The predicted molar refractivity (Wildman–Crippen MR) is 97.7 cm³/mol. The summed E-state index contributed by atoms with van der Waals surface area (Å²) in [6.07, 6.45) is 7.92. The largest absolute Gasteiger partial charge is 0.378 e. The van der Waals surface area contributed by atoms with Gasteiger partial charge < -0.3 is 15.0 Å². The zero-order valence-electron chi connectivity index (χ0n) is 13.4. The van der Waals surface area contributed by atoms with E-state index in [0.717, 1.165) is 44.0 Å². The van der Waals surface area contributed by atoms with Crippen LogP contribution >= 0.6 is 11.6 Å². The van der Waals surface area contributed by atoms with Crippen LogP contribution in [0.15, 0.2) is 41.4 Å². The Labute approximate surface area is 146 Å². The molecular weight excluding hydrogens is 326 g/mol. The van der Waals surface area contributed by atoms with E-state index in [1.807, 2.05) is 30.4 Å². The normalized spacial score (nSPS) is 17.9. The molecule has 1 fully saturated rings. The number of carbonyl (C=O) groups excluding carboxylic acids is 1. The van der Waals surface area contributed by atoms with Crippen LogP contribution in [0.1, 0.15) is 12.0 Å². The molecule has 0 unspecified atom stereocenters. The summed E-state index contributed by atoms with van der Waals surface area (Å²) >= 11 is 6.35. The third-order valence-corrected chi connectivity index (χ3v) is 4.21. The molecule has 2 aliphatic heterocycles. The SMILES string of the molecule is O=C(/C=C/c1ccc(N2CCOCC2)cc1Cl)NC1=NCCC=C1. The van der Waals surface area contributed by atoms with Crippen LogP contribution in [0.4, 0.5) is 5.69 Å². The van der Waals surface area contributed by atoms with Gasteiger partial charge in [-0.05, 0) is 36.3 Å². The van der Waals surface area contributed by atoms with Crippen molar-refractivity contribution in [1.82, 2.24) is 5.32 Å². The number of carbonyl (C=O) groups is 1. The molecule has 0 spiro atoms. The molecule has 0 bridgehead atoms. The fraction of sp³-hybridized carbons (Fsp3) is 0.333. The molecule has 126 valence electrons. The highest BCUT2D eigenvalue weighted by atomic mass is 35.5. The molecule has 0 aliphatic carbocycles. The molecule has 24 heavy (non-hydrogen) atoms. The summed E-state index contributed by atoms with van der Waals surface area (Å²) in [5.41, 5.74) is 1.89. The molecule has 1 aromatic rings. The van der Waals surface area contributed by atoms with Gasteiger partial charge in [0.15, 0.2) is 0 Å². The van der Waals surface area contributed by atoms with Crippen molar-refractivity contribution < 1.29 is 9.53 Å². The summed E-state index contributed by atoms with van der Waals surface area (Å²) in [5.74, 6) is 0.387. The second-order valence-corrected chi connectivity index (χ2v) is 5.99. The molecule has 0 saturated carbocycles. The number of amides is 1. The molecule has 0 radical (unpaired) electrons. The first kappa shape index (κ1) is 16.7. The molecule has 1 N–H and O–H groups in total. The number of rotatable bonds is 3. The average Bonchev–Trinajstić information content (AvgIpc) is 2.62. The number of aliphatic imine (C=N–C) groups is 1. The fourth-order valence-electron chi connectivity index (χ4n) is 2.59. The van der Waals surface area contributed by atoms with Crippen LogP contribution in [-0.4, -0.2) is 44.6 Å². The lowest BCUT2D eigenvalue weighted by molar-refractivity contribution is -0.115. The summed E-state index contributed by atoms with van der Waals surface area (Å²) in [6, 6.07) is 5.87. The van der Waals surface area contributed by atoms with E-state index in [1.165, 1.54) is 6.08 Å². The second-order valence-electron chi connectivity index (χ2n) is 5.59. The van der Waals surface area contributed by atoms with Crippen molar-refractivity contribution in [3.05, 3.63) is 47.0 Å². The van der Waals surface area contributed by atoms with Crippen LogP contribution in [0.3, 0.4) is 0 Å². The highest BCUT2D eigenvalue weighted by Crippen LogP contribution is 2.25. The quantitative estimate of drug-likeness (QED) is 0.857. The Kier molecular flexibility index (Phi) is 5.67. The van der Waals surface area contributed by atoms with E-state index >= 15 is 0 Å². The van der Waals surface area contributed by atoms with Crippen molar-refractivity contribution in [3.63, 3.8) is 0 Å². The summed E-state index contributed by atoms with van der Waals surface area (Å²) in [4.78, 5) is 18.4. The summed E-state index contributed by atoms with van der Waals surface area (Å²) in [5, 5.41) is 3.37. The number of benzene rings is 1.